The van der Waals surface area contributed by atoms with E-state index in [1.165, 1.54) is 18.4 Å². The highest BCUT2D eigenvalue weighted by molar-refractivity contribution is 5.85. The van der Waals surface area contributed by atoms with Crippen molar-refractivity contribution in [2.45, 2.75) is 37.4 Å². The molecule has 4 unspecified atom stereocenters. The van der Waals surface area contributed by atoms with E-state index in [4.69, 9.17) is 0 Å². The zero-order chi connectivity index (χ0) is 14.9. The monoisotopic (exact) mass is 336 g/mol. The van der Waals surface area contributed by atoms with Gasteiger partial charge in [-0.1, -0.05) is 30.3 Å². The van der Waals surface area contributed by atoms with Crippen LogP contribution < -0.4 is 16.2 Å². The number of carbonyl (C=O) groups is 1. The fourth-order valence-electron chi connectivity index (χ4n) is 4.08. The van der Waals surface area contributed by atoms with Gasteiger partial charge in [0.15, 0.2) is 0 Å². The maximum Gasteiger partial charge on any atom is 0.229 e. The number of likely N-dealkylation sites (tertiary alicyclic amines) is 1. The van der Waals surface area contributed by atoms with Crippen molar-refractivity contribution in [2.24, 2.45) is 5.92 Å². The Morgan fingerprint density at radius 1 is 1.09 bits per heavy atom. The fourth-order valence-corrected chi connectivity index (χ4v) is 4.08. The predicted molar refractivity (Wildman–Crippen MR) is 92.2 cm³/mol. The summed E-state index contributed by atoms with van der Waals surface area (Å²) >= 11 is 0. The lowest BCUT2D eigenvalue weighted by Gasteiger charge is -2.29. The van der Waals surface area contributed by atoms with E-state index in [1.807, 2.05) is 18.2 Å². The lowest BCUT2D eigenvalue weighted by atomic mass is 9.93. The van der Waals surface area contributed by atoms with Crippen LogP contribution in [-0.2, 0) is 4.79 Å². The largest absolute Gasteiger partial charge is 0.341 e. The highest BCUT2D eigenvalue weighted by Gasteiger charge is 2.39. The van der Waals surface area contributed by atoms with Crippen LogP contribution in [0.25, 0.3) is 0 Å². The van der Waals surface area contributed by atoms with Crippen molar-refractivity contribution in [3.05, 3.63) is 35.9 Å². The number of rotatable bonds is 2. The third-order valence-corrected chi connectivity index (χ3v) is 5.29. The molecule has 3 aliphatic rings. The number of carbonyl (C=O) groups excluding carboxylic acids is 1. The first-order valence-corrected chi connectivity index (χ1v) is 8.39. The van der Waals surface area contributed by atoms with E-state index in [2.05, 4.69) is 33.2 Å². The SMILES string of the molecule is Cl.O=C(C1CNNC1c1ccccc1)N1CCC2CCC(C1)N2. The molecule has 3 heterocycles. The highest BCUT2D eigenvalue weighted by atomic mass is 35.5. The Morgan fingerprint density at radius 2 is 1.87 bits per heavy atom. The molecular formula is C17H25ClN4O. The fraction of sp³-hybridized carbons (Fsp3) is 0.588. The molecule has 3 aliphatic heterocycles. The van der Waals surface area contributed by atoms with Crippen LogP contribution >= 0.6 is 12.4 Å². The smallest absolute Gasteiger partial charge is 0.229 e. The number of hydrazine groups is 1. The number of fused-ring (bicyclic) bond motifs is 2. The number of hydrogen-bond donors (Lipinski definition) is 3. The van der Waals surface area contributed by atoms with Crippen LogP contribution in [0.4, 0.5) is 0 Å². The Morgan fingerprint density at radius 3 is 2.70 bits per heavy atom. The van der Waals surface area contributed by atoms with Crippen LogP contribution in [0.15, 0.2) is 30.3 Å². The third-order valence-electron chi connectivity index (χ3n) is 5.29. The normalized spacial score (nSPS) is 33.1. The third kappa shape index (κ3) is 3.38. The Hall–Kier alpha value is -1.14. The summed E-state index contributed by atoms with van der Waals surface area (Å²) in [5.41, 5.74) is 7.64. The second-order valence-corrected chi connectivity index (χ2v) is 6.73. The van der Waals surface area contributed by atoms with Gasteiger partial charge in [0.05, 0.1) is 12.0 Å². The van der Waals surface area contributed by atoms with E-state index in [9.17, 15) is 4.79 Å². The lowest BCUT2D eigenvalue weighted by molar-refractivity contribution is -0.135. The number of nitrogens with zero attached hydrogens (tertiary/aromatic N) is 1. The zero-order valence-corrected chi connectivity index (χ0v) is 14.0. The molecule has 0 aliphatic carbocycles. The van der Waals surface area contributed by atoms with Gasteiger partial charge in [0.2, 0.25) is 5.91 Å². The summed E-state index contributed by atoms with van der Waals surface area (Å²) in [6.07, 6.45) is 3.56. The van der Waals surface area contributed by atoms with Crippen LogP contribution in [0.1, 0.15) is 30.9 Å². The summed E-state index contributed by atoms with van der Waals surface area (Å²) in [6, 6.07) is 11.5. The molecule has 0 aromatic heterocycles. The number of nitrogens with one attached hydrogen (secondary N) is 3. The molecule has 0 radical (unpaired) electrons. The Labute approximate surface area is 143 Å². The number of benzene rings is 1. The zero-order valence-electron chi connectivity index (χ0n) is 13.2. The maximum absolute atomic E-state index is 13.0. The molecule has 0 saturated carbocycles. The first-order chi connectivity index (χ1) is 10.8. The molecule has 1 aromatic rings. The van der Waals surface area contributed by atoms with Crippen LogP contribution in [0.5, 0.6) is 0 Å². The first kappa shape index (κ1) is 16.7. The van der Waals surface area contributed by atoms with Gasteiger partial charge < -0.3 is 10.2 Å². The van der Waals surface area contributed by atoms with E-state index >= 15 is 0 Å². The minimum Gasteiger partial charge on any atom is -0.341 e. The van der Waals surface area contributed by atoms with Crippen molar-refractivity contribution in [1.82, 2.24) is 21.1 Å². The van der Waals surface area contributed by atoms with E-state index in [1.54, 1.807) is 0 Å². The molecule has 2 bridgehead atoms. The summed E-state index contributed by atoms with van der Waals surface area (Å²) in [5.74, 6) is 0.278. The number of amides is 1. The van der Waals surface area contributed by atoms with Gasteiger partial charge >= 0.3 is 0 Å². The summed E-state index contributed by atoms with van der Waals surface area (Å²) in [4.78, 5) is 15.1. The van der Waals surface area contributed by atoms with Crippen molar-refractivity contribution in [3.8, 4) is 0 Å². The van der Waals surface area contributed by atoms with Crippen LogP contribution in [-0.4, -0.2) is 42.5 Å². The topological polar surface area (TPSA) is 56.4 Å². The predicted octanol–water partition coefficient (Wildman–Crippen LogP) is 1.23. The minimum atomic E-state index is -0.0148. The minimum absolute atomic E-state index is 0. The van der Waals surface area contributed by atoms with E-state index in [-0.39, 0.29) is 24.4 Å². The Kier molecular flexibility index (Phi) is 5.21. The molecule has 0 spiro atoms. The number of hydrogen-bond acceptors (Lipinski definition) is 4. The standard InChI is InChI=1S/C17H24N4O.ClH/c22-17(21-9-8-13-6-7-14(11-21)19-13)15-10-18-20-16(15)12-4-2-1-3-5-12;/h1-5,13-16,18-20H,6-11H2;1H. The van der Waals surface area contributed by atoms with Crippen LogP contribution in [0.3, 0.4) is 0 Å². The molecule has 1 amide bonds. The second kappa shape index (κ2) is 7.18. The second-order valence-electron chi connectivity index (χ2n) is 6.73. The van der Waals surface area contributed by atoms with Gasteiger partial charge in [0, 0.05) is 31.7 Å². The molecule has 6 heteroatoms. The van der Waals surface area contributed by atoms with E-state index in [0.29, 0.717) is 24.5 Å². The Bertz CT molecular complexity index is 541. The summed E-state index contributed by atoms with van der Waals surface area (Å²) in [6.45, 7) is 2.47. The molecule has 3 fully saturated rings. The van der Waals surface area contributed by atoms with E-state index < -0.39 is 0 Å². The van der Waals surface area contributed by atoms with Crippen molar-refractivity contribution in [1.29, 1.82) is 0 Å². The van der Waals surface area contributed by atoms with Crippen LogP contribution in [0.2, 0.25) is 0 Å². The summed E-state index contributed by atoms with van der Waals surface area (Å²) in [7, 11) is 0. The van der Waals surface area contributed by atoms with Gasteiger partial charge in [0.25, 0.3) is 0 Å². The van der Waals surface area contributed by atoms with Crippen LogP contribution in [0, 0.1) is 5.92 Å². The molecule has 3 N–H and O–H groups in total. The summed E-state index contributed by atoms with van der Waals surface area (Å²) < 4.78 is 0. The van der Waals surface area contributed by atoms with Crippen molar-refractivity contribution in [2.75, 3.05) is 19.6 Å². The quantitative estimate of drug-likeness (QED) is 0.760. The van der Waals surface area contributed by atoms with Gasteiger partial charge in [0.1, 0.15) is 0 Å². The molecule has 1 aromatic carbocycles. The van der Waals surface area contributed by atoms with Crippen molar-refractivity contribution < 1.29 is 4.79 Å². The molecule has 3 saturated heterocycles. The molecule has 23 heavy (non-hydrogen) atoms. The average molecular weight is 337 g/mol. The number of halogens is 1. The van der Waals surface area contributed by atoms with Gasteiger partial charge in [-0.2, -0.15) is 0 Å². The van der Waals surface area contributed by atoms with Crippen molar-refractivity contribution >= 4 is 18.3 Å². The highest BCUT2D eigenvalue weighted by Crippen LogP contribution is 2.28. The first-order valence-electron chi connectivity index (χ1n) is 8.39. The van der Waals surface area contributed by atoms with Gasteiger partial charge in [-0.25, -0.2) is 5.43 Å². The lowest BCUT2D eigenvalue weighted by Crippen LogP contribution is -2.43. The molecule has 126 valence electrons. The van der Waals surface area contributed by atoms with Gasteiger partial charge in [-0.3, -0.25) is 10.2 Å². The molecular weight excluding hydrogens is 312 g/mol. The Balaban J connectivity index is 0.00000156. The van der Waals surface area contributed by atoms with Gasteiger partial charge in [-0.05, 0) is 24.8 Å². The van der Waals surface area contributed by atoms with Crippen molar-refractivity contribution in [3.63, 3.8) is 0 Å². The molecule has 4 rings (SSSR count). The summed E-state index contributed by atoms with van der Waals surface area (Å²) in [5, 5.41) is 3.65. The molecule has 4 atom stereocenters. The van der Waals surface area contributed by atoms with E-state index in [0.717, 1.165) is 19.5 Å². The average Bonchev–Trinajstić information content (AvgIpc) is 3.14. The maximum atomic E-state index is 13.0. The van der Waals surface area contributed by atoms with Gasteiger partial charge in [-0.15, -0.1) is 12.4 Å². The molecule has 5 nitrogen and oxygen atoms in total.